The summed E-state index contributed by atoms with van der Waals surface area (Å²) in [5.74, 6) is 3.01. The molecule has 0 aromatic heterocycles. The topological polar surface area (TPSA) is 23.6 Å². The Labute approximate surface area is 143 Å². The molecule has 1 aromatic rings. The number of nitrogens with zero attached hydrogens (tertiary/aromatic N) is 2. The van der Waals surface area contributed by atoms with E-state index in [9.17, 15) is 4.79 Å². The predicted octanol–water partition coefficient (Wildman–Crippen LogP) is 2.99. The van der Waals surface area contributed by atoms with Crippen molar-refractivity contribution >= 4 is 23.7 Å². The van der Waals surface area contributed by atoms with Gasteiger partial charge in [-0.2, -0.15) is 11.8 Å². The van der Waals surface area contributed by atoms with Crippen molar-refractivity contribution in [2.45, 2.75) is 12.8 Å². The second-order valence-electron chi connectivity index (χ2n) is 6.33. The molecule has 2 aliphatic heterocycles. The summed E-state index contributed by atoms with van der Waals surface area (Å²) in [6.07, 6.45) is 6.55. The smallest absolute Gasteiger partial charge is 0.225 e. The fourth-order valence-electron chi connectivity index (χ4n) is 3.26. The van der Waals surface area contributed by atoms with E-state index < -0.39 is 0 Å². The van der Waals surface area contributed by atoms with Crippen molar-refractivity contribution in [3.8, 4) is 0 Å². The molecule has 1 aromatic carbocycles. The van der Waals surface area contributed by atoms with Gasteiger partial charge < -0.3 is 4.90 Å². The molecule has 4 heteroatoms. The highest BCUT2D eigenvalue weighted by Gasteiger charge is 2.28. The Morgan fingerprint density at radius 2 is 1.78 bits per heavy atom. The molecule has 0 unspecified atom stereocenters. The molecule has 2 aliphatic rings. The summed E-state index contributed by atoms with van der Waals surface area (Å²) < 4.78 is 0. The van der Waals surface area contributed by atoms with Crippen molar-refractivity contribution in [1.29, 1.82) is 0 Å². The normalized spacial score (nSPS) is 21.0. The lowest BCUT2D eigenvalue weighted by Gasteiger charge is -2.36. The highest BCUT2D eigenvalue weighted by molar-refractivity contribution is 7.99. The number of thioether (sulfide) groups is 1. The first-order chi connectivity index (χ1) is 11.3. The van der Waals surface area contributed by atoms with Crippen molar-refractivity contribution in [3.05, 3.63) is 42.0 Å². The number of carbonyl (C=O) groups is 1. The van der Waals surface area contributed by atoms with Gasteiger partial charge in [0.1, 0.15) is 0 Å². The third kappa shape index (κ3) is 4.85. The maximum Gasteiger partial charge on any atom is 0.225 e. The van der Waals surface area contributed by atoms with Crippen LogP contribution in [-0.2, 0) is 4.79 Å². The first kappa shape index (κ1) is 16.6. The van der Waals surface area contributed by atoms with E-state index in [1.807, 2.05) is 17.8 Å². The van der Waals surface area contributed by atoms with Crippen molar-refractivity contribution in [2.24, 2.45) is 5.92 Å². The summed E-state index contributed by atoms with van der Waals surface area (Å²) in [4.78, 5) is 17.1. The largest absolute Gasteiger partial charge is 0.340 e. The number of hydrogen-bond donors (Lipinski definition) is 0. The number of carbonyl (C=O) groups excluding carboxylic acids is 1. The molecule has 0 radical (unpaired) electrons. The summed E-state index contributed by atoms with van der Waals surface area (Å²) in [5, 5.41) is 0. The van der Waals surface area contributed by atoms with E-state index in [2.05, 4.69) is 46.2 Å². The highest BCUT2D eigenvalue weighted by atomic mass is 32.2. The highest BCUT2D eigenvalue weighted by Crippen LogP contribution is 2.24. The number of benzene rings is 1. The molecule has 0 atom stereocenters. The molecule has 23 heavy (non-hydrogen) atoms. The fourth-order valence-corrected chi connectivity index (χ4v) is 4.36. The second-order valence-corrected chi connectivity index (χ2v) is 7.55. The van der Waals surface area contributed by atoms with E-state index in [-0.39, 0.29) is 0 Å². The van der Waals surface area contributed by atoms with Gasteiger partial charge in [0, 0.05) is 38.6 Å². The summed E-state index contributed by atoms with van der Waals surface area (Å²) in [6.45, 7) is 4.74. The zero-order valence-corrected chi connectivity index (χ0v) is 14.5. The molecule has 2 fully saturated rings. The maximum absolute atomic E-state index is 12.5. The average molecular weight is 330 g/mol. The lowest BCUT2D eigenvalue weighted by molar-refractivity contribution is -0.137. The molecular weight excluding hydrogens is 304 g/mol. The molecule has 0 spiro atoms. The predicted molar refractivity (Wildman–Crippen MR) is 98.5 cm³/mol. The van der Waals surface area contributed by atoms with Gasteiger partial charge >= 0.3 is 0 Å². The van der Waals surface area contributed by atoms with E-state index in [0.29, 0.717) is 11.8 Å². The Bertz CT molecular complexity index is 517. The van der Waals surface area contributed by atoms with Crippen LogP contribution in [0.15, 0.2) is 36.4 Å². The van der Waals surface area contributed by atoms with Gasteiger partial charge in [0.15, 0.2) is 0 Å². The SMILES string of the molecule is O=C(C1CCSCC1)N1CCN(C/C=C/c2ccccc2)CC1. The molecule has 124 valence electrons. The lowest BCUT2D eigenvalue weighted by atomic mass is 10.0. The minimum atomic E-state index is 0.292. The van der Waals surface area contributed by atoms with Crippen molar-refractivity contribution in [3.63, 3.8) is 0 Å². The minimum absolute atomic E-state index is 0.292. The number of hydrogen-bond acceptors (Lipinski definition) is 3. The van der Waals surface area contributed by atoms with Gasteiger partial charge in [0.2, 0.25) is 5.91 Å². The summed E-state index contributed by atoms with van der Waals surface area (Å²) in [6, 6.07) is 10.4. The zero-order valence-electron chi connectivity index (χ0n) is 13.7. The molecule has 0 aliphatic carbocycles. The Kier molecular flexibility index (Phi) is 6.17. The molecule has 1 amide bonds. The average Bonchev–Trinajstić information content (AvgIpc) is 2.63. The Balaban J connectivity index is 1.41. The van der Waals surface area contributed by atoms with Crippen LogP contribution in [-0.4, -0.2) is 59.9 Å². The van der Waals surface area contributed by atoms with Crippen LogP contribution in [0.5, 0.6) is 0 Å². The second kappa shape index (κ2) is 8.55. The fraction of sp³-hybridized carbons (Fsp3) is 0.526. The van der Waals surface area contributed by atoms with Gasteiger partial charge in [0.05, 0.1) is 0 Å². The van der Waals surface area contributed by atoms with Gasteiger partial charge in [-0.1, -0.05) is 42.5 Å². The quantitative estimate of drug-likeness (QED) is 0.848. The van der Waals surface area contributed by atoms with Crippen molar-refractivity contribution in [1.82, 2.24) is 9.80 Å². The van der Waals surface area contributed by atoms with Gasteiger partial charge in [-0.15, -0.1) is 0 Å². The Hall–Kier alpha value is -1.26. The van der Waals surface area contributed by atoms with E-state index in [0.717, 1.165) is 57.1 Å². The molecule has 2 saturated heterocycles. The number of rotatable bonds is 4. The van der Waals surface area contributed by atoms with Gasteiger partial charge in [0.25, 0.3) is 0 Å². The Morgan fingerprint density at radius 1 is 1.09 bits per heavy atom. The molecule has 0 N–H and O–H groups in total. The van der Waals surface area contributed by atoms with Crippen LogP contribution in [0.4, 0.5) is 0 Å². The van der Waals surface area contributed by atoms with Crippen LogP contribution in [0.2, 0.25) is 0 Å². The van der Waals surface area contributed by atoms with Crippen LogP contribution < -0.4 is 0 Å². The van der Waals surface area contributed by atoms with Crippen LogP contribution in [0.3, 0.4) is 0 Å². The molecular formula is C19H26N2OS. The molecule has 3 rings (SSSR count). The molecule has 0 bridgehead atoms. The number of piperazine rings is 1. The molecule has 0 saturated carbocycles. The van der Waals surface area contributed by atoms with Crippen LogP contribution >= 0.6 is 11.8 Å². The summed E-state index contributed by atoms with van der Waals surface area (Å²) in [5.41, 5.74) is 1.25. The van der Waals surface area contributed by atoms with E-state index in [1.165, 1.54) is 5.56 Å². The summed E-state index contributed by atoms with van der Waals surface area (Å²) >= 11 is 1.98. The van der Waals surface area contributed by atoms with E-state index >= 15 is 0 Å². The van der Waals surface area contributed by atoms with Crippen molar-refractivity contribution < 1.29 is 4.79 Å². The first-order valence-corrected chi connectivity index (χ1v) is 9.79. The monoisotopic (exact) mass is 330 g/mol. The summed E-state index contributed by atoms with van der Waals surface area (Å²) in [7, 11) is 0. The van der Waals surface area contributed by atoms with Gasteiger partial charge in [-0.3, -0.25) is 9.69 Å². The first-order valence-electron chi connectivity index (χ1n) is 8.63. The van der Waals surface area contributed by atoms with Gasteiger partial charge in [-0.05, 0) is 29.9 Å². The van der Waals surface area contributed by atoms with Crippen LogP contribution in [0.1, 0.15) is 18.4 Å². The lowest BCUT2D eigenvalue weighted by Crippen LogP contribution is -2.50. The molecule has 2 heterocycles. The third-order valence-electron chi connectivity index (χ3n) is 4.73. The van der Waals surface area contributed by atoms with E-state index in [4.69, 9.17) is 0 Å². The Morgan fingerprint density at radius 3 is 2.48 bits per heavy atom. The zero-order chi connectivity index (χ0) is 15.9. The maximum atomic E-state index is 12.5. The number of amides is 1. The van der Waals surface area contributed by atoms with Gasteiger partial charge in [-0.25, -0.2) is 0 Å². The third-order valence-corrected chi connectivity index (χ3v) is 5.78. The van der Waals surface area contributed by atoms with Crippen LogP contribution in [0, 0.1) is 5.92 Å². The standard InChI is InChI=1S/C19H26N2OS/c22-19(18-8-15-23-16-9-18)21-13-11-20(12-14-21)10-4-7-17-5-2-1-3-6-17/h1-7,18H,8-16H2/b7-4+. The van der Waals surface area contributed by atoms with E-state index in [1.54, 1.807) is 0 Å². The van der Waals surface area contributed by atoms with Crippen molar-refractivity contribution in [2.75, 3.05) is 44.2 Å². The molecule has 3 nitrogen and oxygen atoms in total. The van der Waals surface area contributed by atoms with Crippen LogP contribution in [0.25, 0.3) is 6.08 Å². The minimum Gasteiger partial charge on any atom is -0.340 e.